The van der Waals surface area contributed by atoms with Crippen molar-refractivity contribution in [2.24, 2.45) is 11.7 Å². The number of carbonyl (C=O) groups is 1. The van der Waals surface area contributed by atoms with E-state index in [1.165, 1.54) is 12.8 Å². The second-order valence-corrected chi connectivity index (χ2v) is 5.06. The molecule has 21 heavy (non-hydrogen) atoms. The molecule has 0 radical (unpaired) electrons. The standard InChI is InChI=1S/C17H25N3O/c1-3-5-7-14(4-2)12-20-17(21)16-10-9-15(13-19-16)8-6-11-18/h9-10,13-14H,3-5,7,11-12,18H2,1-2H3,(H,20,21). The molecule has 4 nitrogen and oxygen atoms in total. The van der Waals surface area contributed by atoms with E-state index in [4.69, 9.17) is 5.73 Å². The summed E-state index contributed by atoms with van der Waals surface area (Å²) in [6.45, 7) is 5.38. The third-order valence-corrected chi connectivity index (χ3v) is 3.43. The second kappa shape index (κ2) is 9.95. The van der Waals surface area contributed by atoms with E-state index in [9.17, 15) is 4.79 Å². The number of carbonyl (C=O) groups excluding carboxylic acids is 1. The molecule has 0 aliphatic carbocycles. The first kappa shape index (κ1) is 17.2. The van der Waals surface area contributed by atoms with Crippen molar-refractivity contribution in [3.8, 4) is 11.8 Å². The Kier molecular flexibility index (Phi) is 8.15. The molecule has 1 heterocycles. The molecule has 0 saturated heterocycles. The molecule has 1 amide bonds. The summed E-state index contributed by atoms with van der Waals surface area (Å²) in [6, 6.07) is 3.49. The third kappa shape index (κ3) is 6.42. The van der Waals surface area contributed by atoms with Gasteiger partial charge in [-0.3, -0.25) is 4.79 Å². The zero-order valence-corrected chi connectivity index (χ0v) is 13.0. The van der Waals surface area contributed by atoms with Crippen molar-refractivity contribution in [2.45, 2.75) is 39.5 Å². The van der Waals surface area contributed by atoms with Crippen LogP contribution in [-0.2, 0) is 0 Å². The third-order valence-electron chi connectivity index (χ3n) is 3.43. The fourth-order valence-corrected chi connectivity index (χ4v) is 2.03. The van der Waals surface area contributed by atoms with E-state index in [1.54, 1.807) is 18.3 Å². The highest BCUT2D eigenvalue weighted by Crippen LogP contribution is 2.11. The average molecular weight is 287 g/mol. The van der Waals surface area contributed by atoms with Gasteiger partial charge < -0.3 is 11.1 Å². The van der Waals surface area contributed by atoms with Crippen LogP contribution in [0.5, 0.6) is 0 Å². The normalized spacial score (nSPS) is 11.4. The van der Waals surface area contributed by atoms with Gasteiger partial charge in [0, 0.05) is 18.3 Å². The maximum atomic E-state index is 12.0. The van der Waals surface area contributed by atoms with Gasteiger partial charge in [-0.1, -0.05) is 45.0 Å². The van der Waals surface area contributed by atoms with Gasteiger partial charge in [-0.15, -0.1) is 0 Å². The lowest BCUT2D eigenvalue weighted by Crippen LogP contribution is -2.29. The Labute approximate surface area is 127 Å². The summed E-state index contributed by atoms with van der Waals surface area (Å²) in [6.07, 6.45) is 6.25. The molecule has 3 N–H and O–H groups in total. The van der Waals surface area contributed by atoms with E-state index in [0.29, 0.717) is 24.7 Å². The van der Waals surface area contributed by atoms with Crippen LogP contribution in [0.25, 0.3) is 0 Å². The molecule has 1 aromatic rings. The molecule has 114 valence electrons. The van der Waals surface area contributed by atoms with E-state index >= 15 is 0 Å². The molecule has 0 saturated carbocycles. The summed E-state index contributed by atoms with van der Waals surface area (Å²) in [5.74, 6) is 6.06. The number of amides is 1. The van der Waals surface area contributed by atoms with Gasteiger partial charge in [0.2, 0.25) is 0 Å². The highest BCUT2D eigenvalue weighted by molar-refractivity contribution is 5.92. The first-order valence-electron chi connectivity index (χ1n) is 7.64. The van der Waals surface area contributed by atoms with Crippen molar-refractivity contribution in [3.63, 3.8) is 0 Å². The van der Waals surface area contributed by atoms with Crippen molar-refractivity contribution in [2.75, 3.05) is 13.1 Å². The van der Waals surface area contributed by atoms with Gasteiger partial charge >= 0.3 is 0 Å². The predicted molar refractivity (Wildman–Crippen MR) is 85.8 cm³/mol. The predicted octanol–water partition coefficient (Wildman–Crippen LogP) is 2.34. The molecule has 1 unspecified atom stereocenters. The minimum Gasteiger partial charge on any atom is -0.350 e. The Morgan fingerprint density at radius 1 is 1.43 bits per heavy atom. The largest absolute Gasteiger partial charge is 0.350 e. The molecule has 4 heteroatoms. The number of unbranched alkanes of at least 4 members (excludes halogenated alkanes) is 1. The highest BCUT2D eigenvalue weighted by atomic mass is 16.1. The van der Waals surface area contributed by atoms with Gasteiger partial charge in [0.25, 0.3) is 5.91 Å². The Balaban J connectivity index is 2.51. The first-order chi connectivity index (χ1) is 10.2. The zero-order valence-electron chi connectivity index (χ0n) is 13.0. The maximum Gasteiger partial charge on any atom is 0.269 e. The quantitative estimate of drug-likeness (QED) is 0.756. The zero-order chi connectivity index (χ0) is 15.5. The number of nitrogens with one attached hydrogen (secondary N) is 1. The van der Waals surface area contributed by atoms with Crippen LogP contribution < -0.4 is 11.1 Å². The number of nitrogens with two attached hydrogens (primary N) is 1. The van der Waals surface area contributed by atoms with Gasteiger partial charge in [0.1, 0.15) is 5.69 Å². The second-order valence-electron chi connectivity index (χ2n) is 5.06. The fourth-order valence-electron chi connectivity index (χ4n) is 2.03. The van der Waals surface area contributed by atoms with Gasteiger partial charge in [0.15, 0.2) is 0 Å². The van der Waals surface area contributed by atoms with Gasteiger partial charge in [-0.25, -0.2) is 4.98 Å². The van der Waals surface area contributed by atoms with Gasteiger partial charge in [-0.05, 0) is 24.5 Å². The minimum atomic E-state index is -0.122. The highest BCUT2D eigenvalue weighted by Gasteiger charge is 2.10. The molecular formula is C17H25N3O. The number of pyridine rings is 1. The summed E-state index contributed by atoms with van der Waals surface area (Å²) in [5.41, 5.74) is 6.51. The van der Waals surface area contributed by atoms with Crippen LogP contribution in [0.1, 0.15) is 55.6 Å². The van der Waals surface area contributed by atoms with Crippen LogP contribution in [-0.4, -0.2) is 24.0 Å². The van der Waals surface area contributed by atoms with Crippen LogP contribution >= 0.6 is 0 Å². The molecule has 1 rings (SSSR count). The minimum absolute atomic E-state index is 0.122. The topological polar surface area (TPSA) is 68.0 Å². The Hall–Kier alpha value is -1.86. The molecular weight excluding hydrogens is 262 g/mol. The van der Waals surface area contributed by atoms with Crippen molar-refractivity contribution in [3.05, 3.63) is 29.6 Å². The SMILES string of the molecule is CCCCC(CC)CNC(=O)c1ccc(C#CCN)cn1. The fraction of sp³-hybridized carbons (Fsp3) is 0.529. The number of hydrogen-bond acceptors (Lipinski definition) is 3. The van der Waals surface area contributed by atoms with E-state index in [1.807, 2.05) is 0 Å². The lowest BCUT2D eigenvalue weighted by Gasteiger charge is -2.15. The summed E-state index contributed by atoms with van der Waals surface area (Å²) in [5, 5.41) is 2.96. The van der Waals surface area contributed by atoms with Crippen molar-refractivity contribution in [1.82, 2.24) is 10.3 Å². The molecule has 0 spiro atoms. The molecule has 1 atom stereocenters. The van der Waals surface area contributed by atoms with E-state index in [-0.39, 0.29) is 5.91 Å². The summed E-state index contributed by atoms with van der Waals surface area (Å²) >= 11 is 0. The summed E-state index contributed by atoms with van der Waals surface area (Å²) in [4.78, 5) is 16.2. The van der Waals surface area contributed by atoms with Crippen LogP contribution in [0.3, 0.4) is 0 Å². The van der Waals surface area contributed by atoms with E-state index in [0.717, 1.165) is 18.4 Å². The van der Waals surface area contributed by atoms with Crippen LogP contribution in [0.15, 0.2) is 18.3 Å². The summed E-state index contributed by atoms with van der Waals surface area (Å²) in [7, 11) is 0. The molecule has 0 bridgehead atoms. The van der Waals surface area contributed by atoms with Crippen LogP contribution in [0.4, 0.5) is 0 Å². The van der Waals surface area contributed by atoms with Crippen molar-refractivity contribution in [1.29, 1.82) is 0 Å². The van der Waals surface area contributed by atoms with Gasteiger partial charge in [-0.2, -0.15) is 0 Å². The number of nitrogens with zero attached hydrogens (tertiary/aromatic N) is 1. The summed E-state index contributed by atoms with van der Waals surface area (Å²) < 4.78 is 0. The molecule has 0 aliphatic rings. The maximum absolute atomic E-state index is 12.0. The van der Waals surface area contributed by atoms with Crippen LogP contribution in [0.2, 0.25) is 0 Å². The molecule has 0 aliphatic heterocycles. The number of aromatic nitrogens is 1. The Bertz CT molecular complexity index is 485. The number of hydrogen-bond donors (Lipinski definition) is 2. The van der Waals surface area contributed by atoms with Crippen LogP contribution in [0, 0.1) is 17.8 Å². The molecule has 0 fully saturated rings. The van der Waals surface area contributed by atoms with Crippen molar-refractivity contribution < 1.29 is 4.79 Å². The van der Waals surface area contributed by atoms with E-state index in [2.05, 4.69) is 36.0 Å². The van der Waals surface area contributed by atoms with E-state index < -0.39 is 0 Å². The molecule has 1 aromatic heterocycles. The lowest BCUT2D eigenvalue weighted by atomic mass is 9.99. The monoisotopic (exact) mass is 287 g/mol. The lowest BCUT2D eigenvalue weighted by molar-refractivity contribution is 0.0941. The Morgan fingerprint density at radius 2 is 2.24 bits per heavy atom. The Morgan fingerprint density at radius 3 is 2.81 bits per heavy atom. The van der Waals surface area contributed by atoms with Gasteiger partial charge in [0.05, 0.1) is 6.54 Å². The van der Waals surface area contributed by atoms with Crippen molar-refractivity contribution >= 4 is 5.91 Å². The molecule has 0 aromatic carbocycles. The first-order valence-corrected chi connectivity index (χ1v) is 7.64. The average Bonchev–Trinajstić information content (AvgIpc) is 2.53. The number of rotatable bonds is 7. The smallest absolute Gasteiger partial charge is 0.269 e.